The van der Waals surface area contributed by atoms with Crippen molar-refractivity contribution in [1.82, 2.24) is 0 Å². The molecule has 0 saturated carbocycles. The summed E-state index contributed by atoms with van der Waals surface area (Å²) in [7, 11) is 0.0152. The van der Waals surface area contributed by atoms with E-state index in [1.54, 1.807) is 0 Å². The van der Waals surface area contributed by atoms with E-state index in [0.29, 0.717) is 0 Å². The van der Waals surface area contributed by atoms with Crippen LogP contribution >= 0.6 is 0 Å². The third kappa shape index (κ3) is 1.75. The zero-order valence-corrected chi connectivity index (χ0v) is 6.77. The Balaban J connectivity index is 2.75. The number of hydrogen-bond donors (Lipinski definition) is 1. The molecule has 0 aliphatic carbocycles. The molecule has 0 aliphatic heterocycles. The van der Waals surface area contributed by atoms with Gasteiger partial charge in [0.15, 0.2) is 4.90 Å². The minimum absolute atomic E-state index is 0.0152. The third-order valence-electron chi connectivity index (χ3n) is 1.34. The monoisotopic (exact) mass is 155 g/mol. The van der Waals surface area contributed by atoms with E-state index in [1.165, 1.54) is 4.90 Å². The van der Waals surface area contributed by atoms with Crippen LogP contribution in [-0.4, -0.2) is 17.3 Å². The lowest BCUT2D eigenvalue weighted by Crippen LogP contribution is -2.03. The highest BCUT2D eigenvalue weighted by atomic mass is 32.2. The first-order valence-corrected chi connectivity index (χ1v) is 4.93. The van der Waals surface area contributed by atoms with E-state index < -0.39 is 0 Å². The first-order chi connectivity index (χ1) is 4.84. The summed E-state index contributed by atoms with van der Waals surface area (Å²) >= 11 is 0. The molecule has 1 nitrogen and oxygen atoms in total. The maximum atomic E-state index is 8.80. The van der Waals surface area contributed by atoms with Crippen LogP contribution in [0.2, 0.25) is 0 Å². The lowest BCUT2D eigenvalue weighted by molar-refractivity contribution is 0.372. The molecule has 10 heavy (non-hydrogen) atoms. The summed E-state index contributed by atoms with van der Waals surface area (Å²) in [5.74, 6) is 0.254. The Hall–Kier alpha value is -0.470. The maximum Gasteiger partial charge on any atom is 0.210 e. The molecule has 1 aromatic rings. The fourth-order valence-electron chi connectivity index (χ4n) is 0.727. The molecule has 1 atom stereocenters. The molecule has 1 N–H and O–H groups in total. The van der Waals surface area contributed by atoms with Gasteiger partial charge in [0.2, 0.25) is 5.94 Å². The van der Waals surface area contributed by atoms with Crippen LogP contribution in [0.25, 0.3) is 0 Å². The van der Waals surface area contributed by atoms with Crippen LogP contribution in [0.1, 0.15) is 0 Å². The molecule has 1 rings (SSSR count). The molecule has 1 unspecified atom stereocenters. The van der Waals surface area contributed by atoms with Gasteiger partial charge in [-0.3, -0.25) is 0 Å². The van der Waals surface area contributed by atoms with Crippen molar-refractivity contribution < 1.29 is 5.11 Å². The highest BCUT2D eigenvalue weighted by molar-refractivity contribution is 7.96. The van der Waals surface area contributed by atoms with Gasteiger partial charge in [0.25, 0.3) is 0 Å². The smallest absolute Gasteiger partial charge is 0.210 e. The van der Waals surface area contributed by atoms with E-state index in [-0.39, 0.29) is 16.8 Å². The largest absolute Gasteiger partial charge is 0.352 e. The van der Waals surface area contributed by atoms with Gasteiger partial charge in [0, 0.05) is 10.9 Å². The molecule has 0 aliphatic rings. The SMILES string of the molecule is C[S+](CO)c1ccccc1. The summed E-state index contributed by atoms with van der Waals surface area (Å²) in [6.07, 6.45) is 2.04. The Bertz CT molecular complexity index is 186. The molecule has 0 radical (unpaired) electrons. The lowest BCUT2D eigenvalue weighted by Gasteiger charge is -1.95. The summed E-state index contributed by atoms with van der Waals surface area (Å²) in [6, 6.07) is 10.1. The van der Waals surface area contributed by atoms with E-state index in [1.807, 2.05) is 36.6 Å². The number of rotatable bonds is 2. The average molecular weight is 155 g/mol. The normalized spacial score (nSPS) is 13.0. The van der Waals surface area contributed by atoms with Gasteiger partial charge in [0.1, 0.15) is 6.26 Å². The van der Waals surface area contributed by atoms with Crippen LogP contribution in [-0.2, 0) is 10.9 Å². The molecular weight excluding hydrogens is 144 g/mol. The number of aliphatic hydroxyl groups is 1. The summed E-state index contributed by atoms with van der Waals surface area (Å²) in [6.45, 7) is 0. The van der Waals surface area contributed by atoms with Gasteiger partial charge >= 0.3 is 0 Å². The van der Waals surface area contributed by atoms with Crippen molar-refractivity contribution in [3.8, 4) is 0 Å². The Morgan fingerprint density at radius 3 is 2.40 bits per heavy atom. The van der Waals surface area contributed by atoms with Crippen molar-refractivity contribution in [1.29, 1.82) is 0 Å². The van der Waals surface area contributed by atoms with Crippen LogP contribution in [0.15, 0.2) is 35.2 Å². The number of aliphatic hydroxyl groups excluding tert-OH is 1. The molecule has 1 aromatic carbocycles. The fraction of sp³-hybridized carbons (Fsp3) is 0.250. The molecule has 0 saturated heterocycles. The van der Waals surface area contributed by atoms with Gasteiger partial charge in [-0.25, -0.2) is 0 Å². The molecular formula is C8H11OS+. The molecule has 54 valence electrons. The molecule has 0 amide bonds. The van der Waals surface area contributed by atoms with Gasteiger partial charge in [-0.1, -0.05) is 18.2 Å². The molecule has 0 fully saturated rings. The van der Waals surface area contributed by atoms with Gasteiger partial charge in [0.05, 0.1) is 0 Å². The third-order valence-corrected chi connectivity index (χ3v) is 2.80. The molecule has 0 aromatic heterocycles. The van der Waals surface area contributed by atoms with Gasteiger partial charge < -0.3 is 5.11 Å². The van der Waals surface area contributed by atoms with E-state index in [4.69, 9.17) is 5.11 Å². The Labute approximate surface area is 64.0 Å². The van der Waals surface area contributed by atoms with Crippen LogP contribution in [0.3, 0.4) is 0 Å². The molecule has 0 spiro atoms. The van der Waals surface area contributed by atoms with Crippen LogP contribution in [0, 0.1) is 0 Å². The molecule has 0 bridgehead atoms. The molecule has 0 heterocycles. The second-order valence-corrected chi connectivity index (χ2v) is 4.08. The second-order valence-electron chi connectivity index (χ2n) is 2.08. The predicted octanol–water partition coefficient (Wildman–Crippen LogP) is 1.24. The quantitative estimate of drug-likeness (QED) is 0.637. The lowest BCUT2D eigenvalue weighted by atomic mass is 10.4. The van der Waals surface area contributed by atoms with E-state index in [9.17, 15) is 0 Å². The zero-order chi connectivity index (χ0) is 7.40. The van der Waals surface area contributed by atoms with E-state index >= 15 is 0 Å². The Morgan fingerprint density at radius 2 is 1.90 bits per heavy atom. The topological polar surface area (TPSA) is 20.2 Å². The van der Waals surface area contributed by atoms with E-state index in [2.05, 4.69) is 0 Å². The molecule has 2 heteroatoms. The van der Waals surface area contributed by atoms with Crippen molar-refractivity contribution in [2.45, 2.75) is 4.90 Å². The number of hydrogen-bond acceptors (Lipinski definition) is 1. The summed E-state index contributed by atoms with van der Waals surface area (Å²) in [5.41, 5.74) is 0. The van der Waals surface area contributed by atoms with Gasteiger partial charge in [-0.05, 0) is 12.1 Å². The van der Waals surface area contributed by atoms with Crippen molar-refractivity contribution in [2.75, 3.05) is 12.2 Å². The highest BCUT2D eigenvalue weighted by Gasteiger charge is 2.10. The zero-order valence-electron chi connectivity index (χ0n) is 5.95. The van der Waals surface area contributed by atoms with Gasteiger partial charge in [-0.15, -0.1) is 0 Å². The summed E-state index contributed by atoms with van der Waals surface area (Å²) < 4.78 is 0. The first kappa shape index (κ1) is 7.63. The van der Waals surface area contributed by atoms with E-state index in [0.717, 1.165) is 0 Å². The Kier molecular flexibility index (Phi) is 2.78. The van der Waals surface area contributed by atoms with Crippen LogP contribution in [0.5, 0.6) is 0 Å². The summed E-state index contributed by atoms with van der Waals surface area (Å²) in [5, 5.41) is 8.80. The van der Waals surface area contributed by atoms with Crippen molar-refractivity contribution in [2.24, 2.45) is 0 Å². The fourth-order valence-corrected chi connectivity index (χ4v) is 1.50. The van der Waals surface area contributed by atoms with Crippen LogP contribution < -0.4 is 0 Å². The maximum absolute atomic E-state index is 8.80. The predicted molar refractivity (Wildman–Crippen MR) is 45.1 cm³/mol. The Morgan fingerprint density at radius 1 is 1.30 bits per heavy atom. The van der Waals surface area contributed by atoms with Crippen molar-refractivity contribution in [3.63, 3.8) is 0 Å². The highest BCUT2D eigenvalue weighted by Crippen LogP contribution is 2.08. The van der Waals surface area contributed by atoms with Crippen molar-refractivity contribution in [3.05, 3.63) is 30.3 Å². The van der Waals surface area contributed by atoms with Gasteiger partial charge in [-0.2, -0.15) is 0 Å². The summed E-state index contributed by atoms with van der Waals surface area (Å²) in [4.78, 5) is 1.23. The van der Waals surface area contributed by atoms with Crippen LogP contribution in [0.4, 0.5) is 0 Å². The first-order valence-electron chi connectivity index (χ1n) is 3.13. The standard InChI is InChI=1S/C8H11OS/c1-10(7-9)8-5-3-2-4-6-8/h2-6,9H,7H2,1H3/q+1. The van der Waals surface area contributed by atoms with Crippen molar-refractivity contribution >= 4 is 10.9 Å². The number of benzene rings is 1. The minimum atomic E-state index is 0.0152. The minimum Gasteiger partial charge on any atom is -0.352 e. The second kappa shape index (κ2) is 3.64. The average Bonchev–Trinajstić information content (AvgIpc) is 2.05.